The summed E-state index contributed by atoms with van der Waals surface area (Å²) in [5.41, 5.74) is 0. The van der Waals surface area contributed by atoms with Crippen LogP contribution in [0.5, 0.6) is 0 Å². The van der Waals surface area contributed by atoms with Crippen molar-refractivity contribution in [3.05, 3.63) is 0 Å². The Bertz CT molecular complexity index is 120. The Morgan fingerprint density at radius 1 is 2.00 bits per heavy atom. The first kappa shape index (κ1) is 4.26. The Labute approximate surface area is 40.0 Å². The van der Waals surface area contributed by atoms with Crippen LogP contribution in [0.15, 0.2) is 5.10 Å². The van der Waals surface area contributed by atoms with E-state index >= 15 is 0 Å². The largest absolute Gasteiger partial charge is 0.291 e. The molecule has 0 spiro atoms. The first-order chi connectivity index (χ1) is 3.29. The van der Waals surface area contributed by atoms with E-state index in [1.54, 1.807) is 0 Å². The van der Waals surface area contributed by atoms with Gasteiger partial charge in [0.05, 0.1) is 6.21 Å². The zero-order chi connectivity index (χ0) is 5.28. The highest BCUT2D eigenvalue weighted by atomic mass is 16.5. The summed E-state index contributed by atoms with van der Waals surface area (Å²) in [6.07, 6.45) is 1.08. The molecule has 0 saturated carbocycles. The monoisotopic (exact) mass is 100 g/mol. The second-order valence-corrected chi connectivity index (χ2v) is 1.24. The zero-order valence-electron chi connectivity index (χ0n) is 3.53. The molecule has 0 unspecified atom stereocenters. The molecule has 1 N–H and O–H groups in total. The molecule has 0 bridgehead atoms. The van der Waals surface area contributed by atoms with Crippen molar-refractivity contribution < 1.29 is 10.0 Å². The summed E-state index contributed by atoms with van der Waals surface area (Å²) in [7, 11) is 0. The van der Waals surface area contributed by atoms with E-state index in [0.29, 0.717) is 5.17 Å². The number of hydrazone groups is 1. The van der Waals surface area contributed by atoms with Gasteiger partial charge in [0.1, 0.15) is 6.54 Å². The van der Waals surface area contributed by atoms with Crippen LogP contribution in [0.1, 0.15) is 0 Å². The molecule has 0 atom stereocenters. The highest BCUT2D eigenvalue weighted by molar-refractivity contribution is 6.29. The van der Waals surface area contributed by atoms with Gasteiger partial charge in [-0.2, -0.15) is 10.3 Å². The Hall–Kier alpha value is -0.900. The van der Waals surface area contributed by atoms with Crippen LogP contribution in [0.3, 0.4) is 0 Å². The Morgan fingerprint density at radius 3 is 2.86 bits per heavy atom. The van der Waals surface area contributed by atoms with Crippen LogP contribution < -0.4 is 0 Å². The molecule has 0 saturated heterocycles. The van der Waals surface area contributed by atoms with Gasteiger partial charge in [-0.1, -0.05) is 0 Å². The third kappa shape index (κ3) is 0.747. The summed E-state index contributed by atoms with van der Waals surface area (Å²) in [6, 6.07) is 0. The maximum Gasteiger partial charge on any atom is 0.199 e. The molecule has 4 nitrogen and oxygen atoms in total. The maximum atomic E-state index is 10.1. The Kier molecular flexibility index (Phi) is 0.796. The number of hydrogen-bond acceptors (Lipinski definition) is 4. The molecular weight excluding hydrogens is 96.0 g/mol. The van der Waals surface area contributed by atoms with Gasteiger partial charge >= 0.3 is 0 Å². The van der Waals surface area contributed by atoms with E-state index in [9.17, 15) is 4.79 Å². The average molecular weight is 100 g/mol. The molecule has 0 aromatic carbocycles. The third-order valence-electron chi connectivity index (χ3n) is 0.632. The lowest BCUT2D eigenvalue weighted by Gasteiger charge is -1.96. The predicted octanol–water partition coefficient (Wildman–Crippen LogP) is -0.754. The molecule has 0 aromatic rings. The number of nitrogens with zero attached hydrogens (tertiary/aromatic N) is 2. The number of carbonyl (C=O) groups excluding carboxylic acids is 1. The minimum atomic E-state index is -0.164. The third-order valence-corrected chi connectivity index (χ3v) is 0.632. The molecule has 1 rings (SSSR count). The number of carbonyl (C=O) groups is 1. The van der Waals surface area contributed by atoms with E-state index in [-0.39, 0.29) is 12.3 Å². The number of hydrogen-bond donors (Lipinski definition) is 1. The van der Waals surface area contributed by atoms with Crippen molar-refractivity contribution in [2.45, 2.75) is 0 Å². The van der Waals surface area contributed by atoms with Gasteiger partial charge in [0.25, 0.3) is 0 Å². The van der Waals surface area contributed by atoms with E-state index in [1.165, 1.54) is 0 Å². The summed E-state index contributed by atoms with van der Waals surface area (Å²) in [6.45, 7) is 0. The lowest BCUT2D eigenvalue weighted by molar-refractivity contribution is -0.123. The average Bonchev–Trinajstić information content (AvgIpc) is 1.87. The quantitative estimate of drug-likeness (QED) is 0.435. The first-order valence-corrected chi connectivity index (χ1v) is 1.82. The molecule has 4 heteroatoms. The summed E-state index contributed by atoms with van der Waals surface area (Å²) >= 11 is 0. The lowest BCUT2D eigenvalue weighted by Crippen LogP contribution is -2.12. The fourth-order valence-corrected chi connectivity index (χ4v) is 0.352. The van der Waals surface area contributed by atoms with E-state index in [1.807, 2.05) is 0 Å². The van der Waals surface area contributed by atoms with Crippen LogP contribution in [0.25, 0.3) is 0 Å². The van der Waals surface area contributed by atoms with Crippen molar-refractivity contribution in [3.63, 3.8) is 0 Å². The van der Waals surface area contributed by atoms with Gasteiger partial charge in [0.2, 0.25) is 0 Å². The van der Waals surface area contributed by atoms with Crippen LogP contribution in [0.4, 0.5) is 0 Å². The molecule has 1 aliphatic rings. The van der Waals surface area contributed by atoms with Gasteiger partial charge < -0.3 is 0 Å². The minimum absolute atomic E-state index is 0. The minimum Gasteiger partial charge on any atom is -0.291 e. The second-order valence-electron chi connectivity index (χ2n) is 1.24. The van der Waals surface area contributed by atoms with E-state index in [2.05, 4.69) is 5.10 Å². The van der Waals surface area contributed by atoms with Gasteiger partial charge in [-0.05, 0) is 0 Å². The van der Waals surface area contributed by atoms with Gasteiger partial charge in [0.15, 0.2) is 5.78 Å². The van der Waals surface area contributed by atoms with Crippen LogP contribution in [0.2, 0.25) is 0 Å². The summed E-state index contributed by atoms with van der Waals surface area (Å²) < 4.78 is 0. The number of rotatable bonds is 0. The van der Waals surface area contributed by atoms with Crippen LogP contribution in [0, 0.1) is 0 Å². The number of hydroxylamine groups is 1. The Morgan fingerprint density at radius 2 is 2.71 bits per heavy atom. The van der Waals surface area contributed by atoms with Crippen molar-refractivity contribution in [1.29, 1.82) is 0 Å². The normalized spacial score (nSPS) is 19.0. The van der Waals surface area contributed by atoms with Crippen molar-refractivity contribution in [3.8, 4) is 0 Å². The smallest absolute Gasteiger partial charge is 0.199 e. The van der Waals surface area contributed by atoms with Crippen LogP contribution in [-0.4, -0.2) is 28.9 Å². The Balaban J connectivity index is 2.58. The predicted molar refractivity (Wildman–Crippen MR) is 22.0 cm³/mol. The fourth-order valence-electron chi connectivity index (χ4n) is 0.352. The number of ketones is 1. The molecule has 7 heavy (non-hydrogen) atoms. The molecule has 0 aliphatic carbocycles. The van der Waals surface area contributed by atoms with Gasteiger partial charge in [0, 0.05) is 0 Å². The molecule has 1 heterocycles. The van der Waals surface area contributed by atoms with Crippen molar-refractivity contribution in [2.75, 3.05) is 6.54 Å². The van der Waals surface area contributed by atoms with E-state index in [4.69, 9.17) is 5.21 Å². The highest BCUT2D eigenvalue weighted by Crippen LogP contribution is 1.88. The lowest BCUT2D eigenvalue weighted by atomic mass is 10.5. The molecule has 1 aliphatic heterocycles. The van der Waals surface area contributed by atoms with Crippen molar-refractivity contribution >= 4 is 12.0 Å². The molecule has 0 aromatic heterocycles. The van der Waals surface area contributed by atoms with Crippen LogP contribution >= 0.6 is 0 Å². The zero-order valence-corrected chi connectivity index (χ0v) is 3.53. The fraction of sp³-hybridized carbons (Fsp3) is 0.333. The van der Waals surface area contributed by atoms with Crippen LogP contribution in [-0.2, 0) is 4.79 Å². The SMILES string of the molecule is O=C1C=NN(O)C1. The van der Waals surface area contributed by atoms with E-state index in [0.717, 1.165) is 6.21 Å². The highest BCUT2D eigenvalue weighted by Gasteiger charge is 2.08. The topological polar surface area (TPSA) is 52.9 Å². The summed E-state index contributed by atoms with van der Waals surface area (Å²) in [5.74, 6) is -0.164. The number of Topliss-reactive ketones (excluding diaryl/α,β-unsaturated/α-hetero) is 1. The molecule has 0 radical (unpaired) electrons. The molecule has 38 valence electrons. The summed E-state index contributed by atoms with van der Waals surface area (Å²) in [5, 5.41) is 12.1. The maximum absolute atomic E-state index is 10.1. The molecular formula is C3H4N2O2. The second kappa shape index (κ2) is 1.31. The van der Waals surface area contributed by atoms with Crippen molar-refractivity contribution in [2.24, 2.45) is 5.10 Å². The van der Waals surface area contributed by atoms with E-state index < -0.39 is 0 Å². The summed E-state index contributed by atoms with van der Waals surface area (Å²) in [4.78, 5) is 10.1. The van der Waals surface area contributed by atoms with Gasteiger partial charge in [-0.25, -0.2) is 0 Å². The first-order valence-electron chi connectivity index (χ1n) is 1.82. The molecule has 0 fully saturated rings. The van der Waals surface area contributed by atoms with Crippen molar-refractivity contribution in [1.82, 2.24) is 5.17 Å². The van der Waals surface area contributed by atoms with Gasteiger partial charge in [-0.15, -0.1) is 0 Å². The standard InChI is InChI=1S/C3H4N2O2/c6-3-1-4-5(7)2-3/h1,7H,2H2. The molecule has 0 amide bonds. The van der Waals surface area contributed by atoms with Gasteiger partial charge in [-0.3, -0.25) is 10.0 Å².